The average molecular weight is 267 g/mol. The molecule has 0 saturated carbocycles. The van der Waals surface area contributed by atoms with Gasteiger partial charge in [-0.15, -0.1) is 0 Å². The van der Waals surface area contributed by atoms with Gasteiger partial charge in [0.25, 0.3) is 5.91 Å². The number of aromatic amines is 1. The maximum Gasteiger partial charge on any atom is 0.256 e. The lowest BCUT2D eigenvalue weighted by Gasteiger charge is -2.02. The topological polar surface area (TPSA) is 70.9 Å². The number of anilines is 1. The third kappa shape index (κ3) is 2.04. The van der Waals surface area contributed by atoms with E-state index in [1.807, 2.05) is 38.1 Å². The number of H-pyrrole nitrogens is 1. The first kappa shape index (κ1) is 12.7. The third-order valence-electron chi connectivity index (χ3n) is 3.58. The summed E-state index contributed by atoms with van der Waals surface area (Å²) < 4.78 is 0. The first-order valence-corrected chi connectivity index (χ1v) is 6.61. The maximum absolute atomic E-state index is 12.1. The van der Waals surface area contributed by atoms with Crippen molar-refractivity contribution in [1.29, 1.82) is 0 Å². The van der Waals surface area contributed by atoms with E-state index in [-0.39, 0.29) is 5.91 Å². The number of benzene rings is 1. The zero-order valence-electron chi connectivity index (χ0n) is 11.6. The standard InChI is InChI=1S/C16H17N3O/c1-9-5-10(2)18-15(9)7-13-12-6-11(8-17)3-4-14(12)19-16(13)20/h3-7,18H,8,17H2,1-2H3,(H,19,20). The van der Waals surface area contributed by atoms with Gasteiger partial charge in [0.15, 0.2) is 0 Å². The van der Waals surface area contributed by atoms with Crippen LogP contribution in [0.15, 0.2) is 24.3 Å². The fourth-order valence-electron chi connectivity index (χ4n) is 2.55. The van der Waals surface area contributed by atoms with Gasteiger partial charge < -0.3 is 16.0 Å². The number of carbonyl (C=O) groups excluding carboxylic acids is 1. The van der Waals surface area contributed by atoms with Crippen LogP contribution in [0, 0.1) is 13.8 Å². The molecule has 0 bridgehead atoms. The van der Waals surface area contributed by atoms with Crippen LogP contribution in [0.4, 0.5) is 5.69 Å². The highest BCUT2D eigenvalue weighted by molar-refractivity contribution is 6.34. The Kier molecular flexibility index (Phi) is 2.95. The number of aryl methyl sites for hydroxylation is 2. The van der Waals surface area contributed by atoms with Gasteiger partial charge in [0.2, 0.25) is 0 Å². The van der Waals surface area contributed by atoms with Crippen molar-refractivity contribution in [2.45, 2.75) is 20.4 Å². The van der Waals surface area contributed by atoms with E-state index in [4.69, 9.17) is 5.73 Å². The molecule has 0 aliphatic carbocycles. The fourth-order valence-corrected chi connectivity index (χ4v) is 2.55. The molecule has 0 unspecified atom stereocenters. The normalized spacial score (nSPS) is 15.6. The Hall–Kier alpha value is -2.33. The van der Waals surface area contributed by atoms with E-state index in [0.29, 0.717) is 12.1 Å². The van der Waals surface area contributed by atoms with Gasteiger partial charge >= 0.3 is 0 Å². The molecule has 0 atom stereocenters. The molecule has 0 saturated heterocycles. The van der Waals surface area contributed by atoms with Crippen LogP contribution >= 0.6 is 0 Å². The van der Waals surface area contributed by atoms with Crippen molar-refractivity contribution in [3.8, 4) is 0 Å². The van der Waals surface area contributed by atoms with Gasteiger partial charge in [-0.05, 0) is 49.2 Å². The van der Waals surface area contributed by atoms with Crippen molar-refractivity contribution < 1.29 is 4.79 Å². The van der Waals surface area contributed by atoms with Gasteiger partial charge in [0.1, 0.15) is 0 Å². The summed E-state index contributed by atoms with van der Waals surface area (Å²) in [6.45, 7) is 4.50. The van der Waals surface area contributed by atoms with Crippen LogP contribution in [0.3, 0.4) is 0 Å². The minimum Gasteiger partial charge on any atom is -0.359 e. The molecule has 1 amide bonds. The Morgan fingerprint density at radius 1 is 1.25 bits per heavy atom. The number of aromatic nitrogens is 1. The Morgan fingerprint density at radius 3 is 2.70 bits per heavy atom. The zero-order chi connectivity index (χ0) is 14.3. The van der Waals surface area contributed by atoms with Crippen LogP contribution in [-0.2, 0) is 11.3 Å². The van der Waals surface area contributed by atoms with E-state index in [9.17, 15) is 4.79 Å². The molecule has 20 heavy (non-hydrogen) atoms. The van der Waals surface area contributed by atoms with E-state index >= 15 is 0 Å². The predicted molar refractivity (Wildman–Crippen MR) is 81.1 cm³/mol. The van der Waals surface area contributed by atoms with Crippen molar-refractivity contribution in [2.24, 2.45) is 5.73 Å². The monoisotopic (exact) mass is 267 g/mol. The molecule has 102 valence electrons. The average Bonchev–Trinajstić information content (AvgIpc) is 2.90. The highest BCUT2D eigenvalue weighted by atomic mass is 16.2. The van der Waals surface area contributed by atoms with Crippen LogP contribution in [0.25, 0.3) is 11.6 Å². The quantitative estimate of drug-likeness (QED) is 0.732. The van der Waals surface area contributed by atoms with E-state index in [0.717, 1.165) is 33.8 Å². The number of rotatable bonds is 2. The fraction of sp³-hybridized carbons (Fsp3) is 0.188. The van der Waals surface area contributed by atoms with Crippen LogP contribution in [-0.4, -0.2) is 10.9 Å². The molecule has 4 heteroatoms. The minimum absolute atomic E-state index is 0.0687. The highest BCUT2D eigenvalue weighted by Gasteiger charge is 2.24. The molecular formula is C16H17N3O. The summed E-state index contributed by atoms with van der Waals surface area (Å²) in [5, 5.41) is 2.88. The Balaban J connectivity index is 2.11. The van der Waals surface area contributed by atoms with Crippen molar-refractivity contribution in [3.63, 3.8) is 0 Å². The first-order valence-electron chi connectivity index (χ1n) is 6.61. The molecule has 3 rings (SSSR count). The second-order valence-electron chi connectivity index (χ2n) is 5.15. The lowest BCUT2D eigenvalue weighted by Crippen LogP contribution is -2.03. The number of nitrogens with one attached hydrogen (secondary N) is 2. The summed E-state index contributed by atoms with van der Waals surface area (Å²) in [5.41, 5.74) is 12.3. The molecule has 1 aromatic carbocycles. The number of nitrogens with two attached hydrogens (primary N) is 1. The number of carbonyl (C=O) groups is 1. The summed E-state index contributed by atoms with van der Waals surface area (Å²) in [4.78, 5) is 15.4. The number of hydrogen-bond donors (Lipinski definition) is 3. The summed E-state index contributed by atoms with van der Waals surface area (Å²) in [5.74, 6) is -0.0687. The summed E-state index contributed by atoms with van der Waals surface area (Å²) in [7, 11) is 0. The first-order chi connectivity index (χ1) is 9.58. The SMILES string of the molecule is Cc1cc(C)c(C=C2C(=O)Nc3ccc(CN)cc32)[nH]1. The van der Waals surface area contributed by atoms with Crippen LogP contribution in [0.1, 0.15) is 28.1 Å². The molecule has 0 spiro atoms. The van der Waals surface area contributed by atoms with Crippen molar-refractivity contribution in [1.82, 2.24) is 4.98 Å². The van der Waals surface area contributed by atoms with Crippen LogP contribution < -0.4 is 11.1 Å². The van der Waals surface area contributed by atoms with E-state index in [1.165, 1.54) is 0 Å². The lowest BCUT2D eigenvalue weighted by molar-refractivity contribution is -0.110. The summed E-state index contributed by atoms with van der Waals surface area (Å²) in [6.07, 6.45) is 1.91. The van der Waals surface area contributed by atoms with Crippen LogP contribution in [0.5, 0.6) is 0 Å². The minimum atomic E-state index is -0.0687. The zero-order valence-corrected chi connectivity index (χ0v) is 11.6. The molecule has 1 aromatic heterocycles. The highest BCUT2D eigenvalue weighted by Crippen LogP contribution is 2.34. The molecule has 1 aliphatic rings. The molecule has 2 heterocycles. The van der Waals surface area contributed by atoms with Crippen molar-refractivity contribution in [3.05, 3.63) is 52.3 Å². The number of fused-ring (bicyclic) bond motifs is 1. The van der Waals surface area contributed by atoms with E-state index in [1.54, 1.807) is 0 Å². The molecule has 1 aliphatic heterocycles. The molecule has 0 radical (unpaired) electrons. The summed E-state index contributed by atoms with van der Waals surface area (Å²) >= 11 is 0. The predicted octanol–water partition coefficient (Wildman–Crippen LogP) is 2.58. The van der Waals surface area contributed by atoms with Gasteiger partial charge in [-0.1, -0.05) is 6.07 Å². The van der Waals surface area contributed by atoms with Crippen LogP contribution in [0.2, 0.25) is 0 Å². The maximum atomic E-state index is 12.1. The van der Waals surface area contributed by atoms with Crippen molar-refractivity contribution in [2.75, 3.05) is 5.32 Å². The Bertz CT molecular complexity index is 725. The molecule has 0 fully saturated rings. The van der Waals surface area contributed by atoms with Gasteiger partial charge in [-0.3, -0.25) is 4.79 Å². The summed E-state index contributed by atoms with van der Waals surface area (Å²) in [6, 6.07) is 7.88. The molecular weight excluding hydrogens is 250 g/mol. The molecule has 2 aromatic rings. The van der Waals surface area contributed by atoms with E-state index < -0.39 is 0 Å². The second kappa shape index (κ2) is 4.65. The Labute approximate surface area is 117 Å². The smallest absolute Gasteiger partial charge is 0.256 e. The second-order valence-corrected chi connectivity index (χ2v) is 5.15. The van der Waals surface area contributed by atoms with E-state index in [2.05, 4.69) is 16.4 Å². The van der Waals surface area contributed by atoms with Gasteiger partial charge in [-0.25, -0.2) is 0 Å². The Morgan fingerprint density at radius 2 is 2.05 bits per heavy atom. The van der Waals surface area contributed by atoms with Gasteiger partial charge in [-0.2, -0.15) is 0 Å². The van der Waals surface area contributed by atoms with Gasteiger partial charge in [0, 0.05) is 29.2 Å². The number of amides is 1. The van der Waals surface area contributed by atoms with Gasteiger partial charge in [0.05, 0.1) is 5.57 Å². The largest absolute Gasteiger partial charge is 0.359 e. The van der Waals surface area contributed by atoms with Crippen molar-refractivity contribution >= 4 is 23.2 Å². The molecule has 4 nitrogen and oxygen atoms in total. The molecule has 4 N–H and O–H groups in total. The third-order valence-corrected chi connectivity index (χ3v) is 3.58. The lowest BCUT2D eigenvalue weighted by atomic mass is 10.0. The number of hydrogen-bond acceptors (Lipinski definition) is 2.